The number of amides is 2. The van der Waals surface area contributed by atoms with E-state index in [4.69, 9.17) is 4.74 Å². The molecular formula is C23H34N2O4. The maximum atomic E-state index is 13.4. The first-order valence-corrected chi connectivity index (χ1v) is 10.7. The minimum absolute atomic E-state index is 0.0624. The maximum Gasteiger partial charge on any atom is 0.227 e. The van der Waals surface area contributed by atoms with E-state index < -0.39 is 5.41 Å². The topological polar surface area (TPSA) is 70.1 Å². The summed E-state index contributed by atoms with van der Waals surface area (Å²) in [6, 6.07) is 7.17. The maximum absolute atomic E-state index is 13.4. The average molecular weight is 403 g/mol. The molecule has 2 aliphatic rings. The molecule has 2 amide bonds. The molecule has 2 heterocycles. The average Bonchev–Trinajstić information content (AvgIpc) is 3.20. The van der Waals surface area contributed by atoms with E-state index in [0.29, 0.717) is 39.0 Å². The number of aromatic hydroxyl groups is 1. The van der Waals surface area contributed by atoms with Crippen LogP contribution in [-0.2, 0) is 20.9 Å². The van der Waals surface area contributed by atoms with Gasteiger partial charge in [-0.25, -0.2) is 0 Å². The highest BCUT2D eigenvalue weighted by Crippen LogP contribution is 2.27. The lowest BCUT2D eigenvalue weighted by Crippen LogP contribution is -2.48. The summed E-state index contributed by atoms with van der Waals surface area (Å²) < 4.78 is 5.77. The molecule has 6 nitrogen and oxygen atoms in total. The summed E-state index contributed by atoms with van der Waals surface area (Å²) in [4.78, 5) is 29.6. The zero-order valence-electron chi connectivity index (χ0n) is 17.9. The Kier molecular flexibility index (Phi) is 6.83. The largest absolute Gasteiger partial charge is 0.508 e. The summed E-state index contributed by atoms with van der Waals surface area (Å²) in [5.41, 5.74) is 0.354. The monoisotopic (exact) mass is 402 g/mol. The van der Waals surface area contributed by atoms with E-state index in [1.807, 2.05) is 42.7 Å². The number of phenolic OH excluding ortho intramolecular Hbond substituents is 1. The minimum Gasteiger partial charge on any atom is -0.508 e. The van der Waals surface area contributed by atoms with Crippen LogP contribution in [0, 0.1) is 11.3 Å². The summed E-state index contributed by atoms with van der Waals surface area (Å²) in [6.45, 7) is 8.72. The van der Waals surface area contributed by atoms with Crippen molar-refractivity contribution >= 4 is 11.8 Å². The smallest absolute Gasteiger partial charge is 0.227 e. The molecule has 0 radical (unpaired) electrons. The molecule has 0 spiro atoms. The van der Waals surface area contributed by atoms with Crippen LogP contribution in [0.25, 0.3) is 0 Å². The zero-order valence-corrected chi connectivity index (χ0v) is 17.9. The van der Waals surface area contributed by atoms with Gasteiger partial charge in [0.1, 0.15) is 5.75 Å². The number of carbonyl (C=O) groups is 2. The van der Waals surface area contributed by atoms with Crippen LogP contribution in [0.1, 0.15) is 52.0 Å². The molecule has 0 bridgehead atoms. The van der Waals surface area contributed by atoms with E-state index in [2.05, 4.69) is 0 Å². The number of phenols is 1. The lowest BCUT2D eigenvalue weighted by Gasteiger charge is -2.37. The van der Waals surface area contributed by atoms with Crippen LogP contribution in [0.5, 0.6) is 5.75 Å². The third-order valence-corrected chi connectivity index (χ3v) is 5.89. The van der Waals surface area contributed by atoms with E-state index in [0.717, 1.165) is 25.0 Å². The van der Waals surface area contributed by atoms with E-state index in [1.165, 1.54) is 0 Å². The summed E-state index contributed by atoms with van der Waals surface area (Å²) >= 11 is 0. The third-order valence-electron chi connectivity index (χ3n) is 5.89. The Bertz CT molecular complexity index is 714. The summed E-state index contributed by atoms with van der Waals surface area (Å²) in [7, 11) is 0. The third kappa shape index (κ3) is 5.50. The lowest BCUT2D eigenvalue weighted by atomic mass is 9.90. The highest BCUT2D eigenvalue weighted by Gasteiger charge is 2.34. The molecule has 2 fully saturated rings. The fourth-order valence-corrected chi connectivity index (χ4v) is 4.18. The minimum atomic E-state index is -0.395. The molecule has 1 aromatic rings. The van der Waals surface area contributed by atoms with Gasteiger partial charge in [0.15, 0.2) is 0 Å². The van der Waals surface area contributed by atoms with Crippen LogP contribution in [0.2, 0.25) is 0 Å². The van der Waals surface area contributed by atoms with Gasteiger partial charge in [0.2, 0.25) is 11.8 Å². The second-order valence-electron chi connectivity index (χ2n) is 9.30. The van der Waals surface area contributed by atoms with Gasteiger partial charge in [-0.2, -0.15) is 0 Å². The Morgan fingerprint density at radius 2 is 1.86 bits per heavy atom. The lowest BCUT2D eigenvalue weighted by molar-refractivity contribution is -0.145. The van der Waals surface area contributed by atoms with Crippen LogP contribution in [-0.4, -0.2) is 59.1 Å². The number of piperidine rings is 1. The molecule has 0 saturated carbocycles. The second kappa shape index (κ2) is 9.16. The number of ether oxygens (including phenoxy) is 1. The fourth-order valence-electron chi connectivity index (χ4n) is 4.18. The van der Waals surface area contributed by atoms with Crippen LogP contribution >= 0.6 is 0 Å². The van der Waals surface area contributed by atoms with Crippen molar-refractivity contribution in [1.82, 2.24) is 9.80 Å². The highest BCUT2D eigenvalue weighted by atomic mass is 16.5. The normalized spacial score (nSPS) is 20.7. The highest BCUT2D eigenvalue weighted by molar-refractivity contribution is 5.83. The number of carbonyl (C=O) groups excluding carboxylic acids is 2. The van der Waals surface area contributed by atoms with Crippen molar-refractivity contribution in [3.05, 3.63) is 29.8 Å². The van der Waals surface area contributed by atoms with Gasteiger partial charge in [-0.3, -0.25) is 9.59 Å². The number of rotatable bonds is 5. The van der Waals surface area contributed by atoms with Gasteiger partial charge in [0.25, 0.3) is 0 Å². The SMILES string of the molecule is CC(C)(C)C(=O)N1CCC(C(=O)N(Cc2ccccc2O)CC2CCCO2)CC1. The van der Waals surface area contributed by atoms with Crippen molar-refractivity contribution < 1.29 is 19.4 Å². The number of nitrogens with zero attached hydrogens (tertiary/aromatic N) is 2. The number of benzene rings is 1. The van der Waals surface area contributed by atoms with Crippen molar-refractivity contribution in [1.29, 1.82) is 0 Å². The second-order valence-corrected chi connectivity index (χ2v) is 9.30. The molecule has 29 heavy (non-hydrogen) atoms. The first-order chi connectivity index (χ1) is 13.8. The molecule has 3 rings (SSSR count). The van der Waals surface area contributed by atoms with E-state index in [-0.39, 0.29) is 29.6 Å². The Morgan fingerprint density at radius 1 is 1.17 bits per heavy atom. The molecule has 1 atom stereocenters. The Labute approximate surface area is 173 Å². The van der Waals surface area contributed by atoms with Crippen molar-refractivity contribution in [3.63, 3.8) is 0 Å². The van der Waals surface area contributed by atoms with Gasteiger partial charge in [0.05, 0.1) is 6.10 Å². The van der Waals surface area contributed by atoms with Crippen LogP contribution in [0.15, 0.2) is 24.3 Å². The van der Waals surface area contributed by atoms with Crippen LogP contribution < -0.4 is 0 Å². The molecule has 0 aliphatic carbocycles. The fraction of sp³-hybridized carbons (Fsp3) is 0.652. The standard InChI is InChI=1S/C23H34N2O4/c1-23(2,3)22(28)24-12-10-17(11-13-24)21(27)25(16-19-8-6-14-29-19)15-18-7-4-5-9-20(18)26/h4-5,7,9,17,19,26H,6,8,10-16H2,1-3H3. The number of para-hydroxylation sites is 1. The van der Waals surface area contributed by atoms with Crippen molar-refractivity contribution in [3.8, 4) is 5.75 Å². The predicted molar refractivity (Wildman–Crippen MR) is 111 cm³/mol. The molecule has 2 aliphatic heterocycles. The molecule has 1 N–H and O–H groups in total. The molecular weight excluding hydrogens is 368 g/mol. The number of likely N-dealkylation sites (tertiary alicyclic amines) is 1. The van der Waals surface area contributed by atoms with E-state index in [9.17, 15) is 14.7 Å². The molecule has 0 aromatic heterocycles. The van der Waals surface area contributed by atoms with Gasteiger partial charge >= 0.3 is 0 Å². The quantitative estimate of drug-likeness (QED) is 0.821. The van der Waals surface area contributed by atoms with Gasteiger partial charge < -0.3 is 19.6 Å². The molecule has 1 aromatic carbocycles. The molecule has 6 heteroatoms. The zero-order chi connectivity index (χ0) is 21.0. The van der Waals surface area contributed by atoms with Crippen molar-refractivity contribution in [2.24, 2.45) is 11.3 Å². The number of hydrogen-bond donors (Lipinski definition) is 1. The van der Waals surface area contributed by atoms with Gasteiger partial charge in [-0.15, -0.1) is 0 Å². The van der Waals surface area contributed by atoms with Crippen LogP contribution in [0.3, 0.4) is 0 Å². The van der Waals surface area contributed by atoms with Crippen LogP contribution in [0.4, 0.5) is 0 Å². The van der Waals surface area contributed by atoms with Gasteiger partial charge in [0, 0.05) is 49.7 Å². The first kappa shape index (κ1) is 21.6. The van der Waals surface area contributed by atoms with E-state index >= 15 is 0 Å². The summed E-state index contributed by atoms with van der Waals surface area (Å²) in [5.74, 6) is 0.370. The molecule has 2 saturated heterocycles. The van der Waals surface area contributed by atoms with Crippen molar-refractivity contribution in [2.75, 3.05) is 26.2 Å². The molecule has 160 valence electrons. The summed E-state index contributed by atoms with van der Waals surface area (Å²) in [5, 5.41) is 10.2. The Hall–Kier alpha value is -2.08. The van der Waals surface area contributed by atoms with Gasteiger partial charge in [-0.05, 0) is 31.7 Å². The number of hydrogen-bond acceptors (Lipinski definition) is 4. The predicted octanol–water partition coefficient (Wildman–Crippen LogP) is 3.18. The Balaban J connectivity index is 1.66. The van der Waals surface area contributed by atoms with E-state index in [1.54, 1.807) is 12.1 Å². The Morgan fingerprint density at radius 3 is 2.45 bits per heavy atom. The van der Waals surface area contributed by atoms with Gasteiger partial charge in [-0.1, -0.05) is 39.0 Å². The van der Waals surface area contributed by atoms with Crippen molar-refractivity contribution in [2.45, 2.75) is 59.1 Å². The molecule has 1 unspecified atom stereocenters. The first-order valence-electron chi connectivity index (χ1n) is 10.7. The summed E-state index contributed by atoms with van der Waals surface area (Å²) in [6.07, 6.45) is 3.42.